The third-order valence-electron chi connectivity index (χ3n) is 2.30. The van der Waals surface area contributed by atoms with E-state index in [9.17, 15) is 19.2 Å². The van der Waals surface area contributed by atoms with Gasteiger partial charge in [0.25, 0.3) is 0 Å². The summed E-state index contributed by atoms with van der Waals surface area (Å²) in [5.41, 5.74) is 6.02. The SMILES string of the molecule is C[C@](N)(C(=O)O)C(=O)/C=C/C(=O)[C@@](C)(N)C(=O)O. The number of carboxylic acid groups (broad SMARTS) is 2. The third kappa shape index (κ3) is 3.22. The van der Waals surface area contributed by atoms with Crippen LogP contribution in [0, 0.1) is 0 Å². The summed E-state index contributed by atoms with van der Waals surface area (Å²) >= 11 is 0. The average Bonchev–Trinajstić information content (AvgIpc) is 2.24. The third-order valence-corrected chi connectivity index (χ3v) is 2.30. The minimum absolute atomic E-state index is 0.602. The molecular weight excluding hydrogens is 244 g/mol. The highest BCUT2D eigenvalue weighted by Crippen LogP contribution is 2.06. The Kier molecular flexibility index (Phi) is 4.49. The van der Waals surface area contributed by atoms with Crippen molar-refractivity contribution in [3.63, 3.8) is 0 Å². The lowest BCUT2D eigenvalue weighted by atomic mass is 9.94. The number of ketones is 2. The number of carbonyl (C=O) groups is 4. The molecule has 100 valence electrons. The van der Waals surface area contributed by atoms with Gasteiger partial charge in [-0.2, -0.15) is 0 Å². The zero-order valence-electron chi connectivity index (χ0n) is 9.84. The van der Waals surface area contributed by atoms with E-state index in [4.69, 9.17) is 21.7 Å². The predicted octanol–water partition coefficient (Wildman–Crippen LogP) is -1.72. The first-order chi connectivity index (χ1) is 7.94. The lowest BCUT2D eigenvalue weighted by molar-refractivity contribution is -0.148. The number of hydrogen-bond acceptors (Lipinski definition) is 6. The van der Waals surface area contributed by atoms with E-state index < -0.39 is 34.6 Å². The Morgan fingerprint density at radius 3 is 1.22 bits per heavy atom. The van der Waals surface area contributed by atoms with Crippen molar-refractivity contribution in [1.82, 2.24) is 0 Å². The van der Waals surface area contributed by atoms with Crippen molar-refractivity contribution in [3.8, 4) is 0 Å². The Labute approximate surface area is 102 Å². The van der Waals surface area contributed by atoms with Crippen molar-refractivity contribution in [2.45, 2.75) is 24.9 Å². The molecule has 6 N–H and O–H groups in total. The van der Waals surface area contributed by atoms with Crippen molar-refractivity contribution in [3.05, 3.63) is 12.2 Å². The summed E-state index contributed by atoms with van der Waals surface area (Å²) in [6.45, 7) is 1.90. The van der Waals surface area contributed by atoms with Gasteiger partial charge in [0.1, 0.15) is 0 Å². The fraction of sp³-hybridized carbons (Fsp3) is 0.400. The number of aliphatic carboxylic acids is 2. The molecular formula is C10H14N2O6. The minimum atomic E-state index is -2.19. The van der Waals surface area contributed by atoms with E-state index in [0.29, 0.717) is 12.2 Å². The van der Waals surface area contributed by atoms with Crippen LogP contribution in [0.3, 0.4) is 0 Å². The van der Waals surface area contributed by atoms with Gasteiger partial charge in [-0.15, -0.1) is 0 Å². The summed E-state index contributed by atoms with van der Waals surface area (Å²) in [5, 5.41) is 17.3. The average molecular weight is 258 g/mol. The van der Waals surface area contributed by atoms with Crippen LogP contribution in [0.4, 0.5) is 0 Å². The van der Waals surface area contributed by atoms with E-state index >= 15 is 0 Å². The smallest absolute Gasteiger partial charge is 0.331 e. The van der Waals surface area contributed by atoms with E-state index in [1.54, 1.807) is 0 Å². The number of carbonyl (C=O) groups excluding carboxylic acids is 2. The van der Waals surface area contributed by atoms with Crippen molar-refractivity contribution in [1.29, 1.82) is 0 Å². The normalized spacial score (nSPS) is 17.8. The molecule has 0 aliphatic carbocycles. The fourth-order valence-electron chi connectivity index (χ4n) is 0.708. The standard InChI is InChI=1S/C10H14N2O6/c1-9(11,7(15)16)5(13)3-4-6(14)10(2,12)8(17)18/h3-4H,11-12H2,1-2H3,(H,15,16)(H,17,18)/b4-3+/t9-,10-/m1/s1. The number of rotatable bonds is 6. The number of carboxylic acids is 2. The molecule has 0 amide bonds. The van der Waals surface area contributed by atoms with Gasteiger partial charge in [-0.1, -0.05) is 0 Å². The molecule has 2 atom stereocenters. The lowest BCUT2D eigenvalue weighted by Gasteiger charge is -2.16. The highest BCUT2D eigenvalue weighted by molar-refractivity contribution is 6.17. The fourth-order valence-corrected chi connectivity index (χ4v) is 0.708. The Hall–Kier alpha value is -2.06. The van der Waals surface area contributed by atoms with E-state index in [1.807, 2.05) is 0 Å². The second-order valence-corrected chi connectivity index (χ2v) is 4.08. The van der Waals surface area contributed by atoms with Gasteiger partial charge in [0.15, 0.2) is 22.6 Å². The molecule has 0 unspecified atom stereocenters. The summed E-state index contributed by atoms with van der Waals surface area (Å²) in [6, 6.07) is 0. The van der Waals surface area contributed by atoms with Gasteiger partial charge >= 0.3 is 11.9 Å². The zero-order chi connectivity index (χ0) is 14.7. The van der Waals surface area contributed by atoms with Crippen molar-refractivity contribution in [2.24, 2.45) is 11.5 Å². The number of hydrogen-bond donors (Lipinski definition) is 4. The highest BCUT2D eigenvalue weighted by Gasteiger charge is 2.37. The van der Waals surface area contributed by atoms with Crippen LogP contribution < -0.4 is 11.5 Å². The molecule has 0 saturated carbocycles. The van der Waals surface area contributed by atoms with Crippen molar-refractivity contribution >= 4 is 23.5 Å². The molecule has 0 aliphatic heterocycles. The summed E-state index contributed by atoms with van der Waals surface area (Å²) in [5.74, 6) is -5.24. The lowest BCUT2D eigenvalue weighted by Crippen LogP contribution is -2.52. The molecule has 0 aromatic rings. The minimum Gasteiger partial charge on any atom is -0.480 e. The second kappa shape index (κ2) is 5.07. The van der Waals surface area contributed by atoms with Crippen molar-refractivity contribution in [2.75, 3.05) is 0 Å². The van der Waals surface area contributed by atoms with Gasteiger partial charge < -0.3 is 21.7 Å². The topological polar surface area (TPSA) is 161 Å². The second-order valence-electron chi connectivity index (χ2n) is 4.08. The summed E-state index contributed by atoms with van der Waals surface area (Å²) in [6.07, 6.45) is 1.20. The molecule has 0 heterocycles. The monoisotopic (exact) mass is 258 g/mol. The molecule has 0 aromatic heterocycles. The largest absolute Gasteiger partial charge is 0.480 e. The number of nitrogens with two attached hydrogens (primary N) is 2. The van der Waals surface area contributed by atoms with Gasteiger partial charge in [-0.05, 0) is 26.0 Å². The first-order valence-electron chi connectivity index (χ1n) is 4.75. The Morgan fingerprint density at radius 2 is 1.06 bits per heavy atom. The first kappa shape index (κ1) is 15.9. The van der Waals surface area contributed by atoms with Crippen LogP contribution in [-0.4, -0.2) is 44.8 Å². The van der Waals surface area contributed by atoms with Crippen LogP contribution in [-0.2, 0) is 19.2 Å². The molecule has 8 heteroatoms. The Morgan fingerprint density at radius 1 is 0.833 bits per heavy atom. The van der Waals surface area contributed by atoms with Crippen LogP contribution in [0.15, 0.2) is 12.2 Å². The molecule has 8 nitrogen and oxygen atoms in total. The zero-order valence-corrected chi connectivity index (χ0v) is 9.84. The van der Waals surface area contributed by atoms with Gasteiger partial charge in [-0.25, -0.2) is 9.59 Å². The summed E-state index contributed by atoms with van der Waals surface area (Å²) in [4.78, 5) is 44.0. The molecule has 0 fully saturated rings. The van der Waals surface area contributed by atoms with E-state index in [0.717, 1.165) is 13.8 Å². The van der Waals surface area contributed by atoms with Crippen LogP contribution in [0.2, 0.25) is 0 Å². The van der Waals surface area contributed by atoms with Crippen LogP contribution >= 0.6 is 0 Å². The molecule has 18 heavy (non-hydrogen) atoms. The highest BCUT2D eigenvalue weighted by atomic mass is 16.4. The van der Waals surface area contributed by atoms with Gasteiger partial charge in [0.05, 0.1) is 0 Å². The van der Waals surface area contributed by atoms with Crippen molar-refractivity contribution < 1.29 is 29.4 Å². The Bertz CT molecular complexity index is 396. The van der Waals surface area contributed by atoms with Gasteiger partial charge in [-0.3, -0.25) is 9.59 Å². The molecule has 0 aliphatic rings. The predicted molar refractivity (Wildman–Crippen MR) is 59.6 cm³/mol. The van der Waals surface area contributed by atoms with Crippen LogP contribution in [0.1, 0.15) is 13.8 Å². The van der Waals surface area contributed by atoms with E-state index in [2.05, 4.69) is 0 Å². The van der Waals surface area contributed by atoms with E-state index in [1.165, 1.54) is 0 Å². The maximum absolute atomic E-state index is 11.4. The molecule has 0 rings (SSSR count). The summed E-state index contributed by atoms with van der Waals surface area (Å²) in [7, 11) is 0. The molecule has 0 radical (unpaired) electrons. The Balaban J connectivity index is 5.00. The molecule has 0 bridgehead atoms. The van der Waals surface area contributed by atoms with Gasteiger partial charge in [0.2, 0.25) is 0 Å². The quantitative estimate of drug-likeness (QED) is 0.323. The van der Waals surface area contributed by atoms with Crippen LogP contribution in [0.25, 0.3) is 0 Å². The maximum atomic E-state index is 11.4. The molecule has 0 spiro atoms. The van der Waals surface area contributed by atoms with E-state index in [-0.39, 0.29) is 0 Å². The van der Waals surface area contributed by atoms with Crippen LogP contribution in [0.5, 0.6) is 0 Å². The van der Waals surface area contributed by atoms with Gasteiger partial charge in [0, 0.05) is 0 Å². The summed E-state index contributed by atoms with van der Waals surface area (Å²) < 4.78 is 0. The molecule has 0 aromatic carbocycles. The molecule has 0 saturated heterocycles. The first-order valence-corrected chi connectivity index (χ1v) is 4.75. The maximum Gasteiger partial charge on any atom is 0.331 e.